The van der Waals surface area contributed by atoms with Crippen LogP contribution in [-0.4, -0.2) is 66.4 Å². The minimum atomic E-state index is -3.33. The van der Waals surface area contributed by atoms with E-state index in [9.17, 15) is 13.2 Å². The van der Waals surface area contributed by atoms with Crippen LogP contribution in [0.1, 0.15) is 10.5 Å². The van der Waals surface area contributed by atoms with Gasteiger partial charge < -0.3 is 9.80 Å². The molecule has 1 aliphatic rings. The number of fused-ring (bicyclic) bond motifs is 1. The summed E-state index contributed by atoms with van der Waals surface area (Å²) in [5.74, 6) is -0.0293. The number of rotatable bonds is 3. The fourth-order valence-corrected chi connectivity index (χ4v) is 5.13. The molecule has 3 aromatic rings. The minimum absolute atomic E-state index is 0.0293. The normalized spacial score (nSPS) is 15.5. The number of carbonyl (C=O) groups is 1. The van der Waals surface area contributed by atoms with Crippen molar-refractivity contribution < 1.29 is 13.2 Å². The number of benzene rings is 1. The highest BCUT2D eigenvalue weighted by Gasteiger charge is 2.26. The van der Waals surface area contributed by atoms with Gasteiger partial charge in [0.05, 0.1) is 9.60 Å². The van der Waals surface area contributed by atoms with E-state index in [0.29, 0.717) is 37.4 Å². The summed E-state index contributed by atoms with van der Waals surface area (Å²) in [6.45, 7) is 2.47. The number of aryl methyl sites for hydroxylation is 1. The summed E-state index contributed by atoms with van der Waals surface area (Å²) < 4.78 is 26.4. The molecule has 0 unspecified atom stereocenters. The molecule has 8 nitrogen and oxygen atoms in total. The molecule has 0 saturated carbocycles. The second-order valence-electron chi connectivity index (χ2n) is 6.49. The standard InChI is InChI=1S/C17H19N5O3S2/c1-20-12(6-7-18-20)16(23)21-8-10-22(11-9-21)17-19-15-13(26-17)4-3-5-14(15)27(2,24)25/h3-7H,8-11H2,1-2H3. The summed E-state index contributed by atoms with van der Waals surface area (Å²) in [5.41, 5.74) is 1.09. The van der Waals surface area contributed by atoms with Gasteiger partial charge in [0.2, 0.25) is 0 Å². The Morgan fingerprint density at radius 1 is 1.15 bits per heavy atom. The zero-order valence-corrected chi connectivity index (χ0v) is 16.6. The van der Waals surface area contributed by atoms with E-state index in [-0.39, 0.29) is 10.8 Å². The van der Waals surface area contributed by atoms with Crippen LogP contribution >= 0.6 is 11.3 Å². The lowest BCUT2D eigenvalue weighted by atomic mass is 10.3. The quantitative estimate of drug-likeness (QED) is 0.654. The number of thiazole rings is 1. The van der Waals surface area contributed by atoms with Gasteiger partial charge in [0.15, 0.2) is 15.0 Å². The maximum atomic E-state index is 12.6. The van der Waals surface area contributed by atoms with Crippen molar-refractivity contribution >= 4 is 42.4 Å². The van der Waals surface area contributed by atoms with Gasteiger partial charge in [-0.2, -0.15) is 5.10 Å². The lowest BCUT2D eigenvalue weighted by molar-refractivity contribution is 0.0735. The highest BCUT2D eigenvalue weighted by atomic mass is 32.2. The Balaban J connectivity index is 1.53. The number of para-hydroxylation sites is 1. The van der Waals surface area contributed by atoms with E-state index in [1.807, 2.05) is 11.0 Å². The highest BCUT2D eigenvalue weighted by molar-refractivity contribution is 7.91. The summed E-state index contributed by atoms with van der Waals surface area (Å²) in [6, 6.07) is 6.93. The van der Waals surface area contributed by atoms with Gasteiger partial charge in [0.25, 0.3) is 5.91 Å². The number of piperazine rings is 1. The van der Waals surface area contributed by atoms with Crippen molar-refractivity contribution in [2.24, 2.45) is 7.05 Å². The lowest BCUT2D eigenvalue weighted by Gasteiger charge is -2.34. The number of hydrogen-bond donors (Lipinski definition) is 0. The number of carbonyl (C=O) groups excluding carboxylic acids is 1. The average molecular weight is 406 g/mol. The van der Waals surface area contributed by atoms with Crippen LogP contribution in [0.3, 0.4) is 0 Å². The number of amides is 1. The molecule has 1 saturated heterocycles. The smallest absolute Gasteiger partial charge is 0.272 e. The van der Waals surface area contributed by atoms with Crippen molar-refractivity contribution in [2.75, 3.05) is 37.3 Å². The predicted octanol–water partition coefficient (Wildman–Crippen LogP) is 1.40. The maximum absolute atomic E-state index is 12.6. The van der Waals surface area contributed by atoms with E-state index in [4.69, 9.17) is 0 Å². The minimum Gasteiger partial charge on any atom is -0.345 e. The Labute approximate surface area is 160 Å². The third kappa shape index (κ3) is 3.30. The van der Waals surface area contributed by atoms with Crippen LogP contribution in [0, 0.1) is 0 Å². The Bertz CT molecular complexity index is 1110. The first-order chi connectivity index (χ1) is 12.8. The van der Waals surface area contributed by atoms with Crippen LogP contribution in [0.25, 0.3) is 10.2 Å². The SMILES string of the molecule is Cn1nccc1C(=O)N1CCN(c2nc3c(S(C)(=O)=O)cccc3s2)CC1. The first-order valence-corrected chi connectivity index (χ1v) is 11.2. The molecule has 2 aromatic heterocycles. The molecular formula is C17H19N5O3S2. The van der Waals surface area contributed by atoms with Crippen molar-refractivity contribution in [3.8, 4) is 0 Å². The number of anilines is 1. The Morgan fingerprint density at radius 3 is 2.52 bits per heavy atom. The Hall–Kier alpha value is -2.46. The van der Waals surface area contributed by atoms with E-state index >= 15 is 0 Å². The van der Waals surface area contributed by atoms with Crippen LogP contribution < -0.4 is 4.90 Å². The lowest BCUT2D eigenvalue weighted by Crippen LogP contribution is -2.49. The van der Waals surface area contributed by atoms with Gasteiger partial charge in [-0.3, -0.25) is 9.48 Å². The van der Waals surface area contributed by atoms with Gasteiger partial charge in [0.1, 0.15) is 11.2 Å². The third-order valence-electron chi connectivity index (χ3n) is 4.65. The van der Waals surface area contributed by atoms with Gasteiger partial charge >= 0.3 is 0 Å². The molecule has 0 aliphatic carbocycles. The fraction of sp³-hybridized carbons (Fsp3) is 0.353. The summed E-state index contributed by atoms with van der Waals surface area (Å²) >= 11 is 1.48. The van der Waals surface area contributed by atoms with Crippen LogP contribution in [-0.2, 0) is 16.9 Å². The zero-order valence-electron chi connectivity index (χ0n) is 15.0. The molecule has 1 amide bonds. The van der Waals surface area contributed by atoms with Crippen LogP contribution in [0.5, 0.6) is 0 Å². The summed E-state index contributed by atoms with van der Waals surface area (Å²) in [6.07, 6.45) is 2.81. The highest BCUT2D eigenvalue weighted by Crippen LogP contribution is 2.33. The molecule has 1 aliphatic heterocycles. The molecular weight excluding hydrogens is 386 g/mol. The Kier molecular flexibility index (Phi) is 4.39. The molecule has 142 valence electrons. The molecule has 0 atom stereocenters. The molecule has 1 aromatic carbocycles. The second kappa shape index (κ2) is 6.61. The summed E-state index contributed by atoms with van der Waals surface area (Å²) in [7, 11) is -1.58. The summed E-state index contributed by atoms with van der Waals surface area (Å²) in [4.78, 5) is 21.3. The van der Waals surface area contributed by atoms with Crippen molar-refractivity contribution in [1.82, 2.24) is 19.7 Å². The van der Waals surface area contributed by atoms with E-state index in [0.717, 1.165) is 9.83 Å². The largest absolute Gasteiger partial charge is 0.345 e. The topological polar surface area (TPSA) is 88.4 Å². The van der Waals surface area contributed by atoms with E-state index in [1.165, 1.54) is 17.6 Å². The number of nitrogens with zero attached hydrogens (tertiary/aromatic N) is 5. The molecule has 10 heteroatoms. The monoisotopic (exact) mass is 405 g/mol. The van der Waals surface area contributed by atoms with Gasteiger partial charge in [-0.15, -0.1) is 0 Å². The number of hydrogen-bond acceptors (Lipinski definition) is 7. The molecule has 0 bridgehead atoms. The van der Waals surface area contributed by atoms with E-state index < -0.39 is 9.84 Å². The van der Waals surface area contributed by atoms with Crippen molar-refractivity contribution in [3.63, 3.8) is 0 Å². The fourth-order valence-electron chi connectivity index (χ4n) is 3.19. The number of sulfone groups is 1. The van der Waals surface area contributed by atoms with Crippen molar-refractivity contribution in [3.05, 3.63) is 36.2 Å². The first kappa shape index (κ1) is 17.9. The average Bonchev–Trinajstić information content (AvgIpc) is 3.26. The van der Waals surface area contributed by atoms with Crippen molar-refractivity contribution in [1.29, 1.82) is 0 Å². The molecule has 0 spiro atoms. The van der Waals surface area contributed by atoms with E-state index in [1.54, 1.807) is 36.1 Å². The van der Waals surface area contributed by atoms with Gasteiger partial charge in [0, 0.05) is 45.7 Å². The first-order valence-electron chi connectivity index (χ1n) is 8.46. The molecule has 3 heterocycles. The van der Waals surface area contributed by atoms with Crippen LogP contribution in [0.15, 0.2) is 35.4 Å². The van der Waals surface area contributed by atoms with Gasteiger partial charge in [-0.05, 0) is 18.2 Å². The Morgan fingerprint density at radius 2 is 1.89 bits per heavy atom. The molecule has 0 N–H and O–H groups in total. The van der Waals surface area contributed by atoms with E-state index in [2.05, 4.69) is 15.0 Å². The van der Waals surface area contributed by atoms with Gasteiger partial charge in [-0.1, -0.05) is 17.4 Å². The summed E-state index contributed by atoms with van der Waals surface area (Å²) in [5, 5.41) is 4.83. The maximum Gasteiger partial charge on any atom is 0.272 e. The van der Waals surface area contributed by atoms with Crippen LogP contribution in [0.4, 0.5) is 5.13 Å². The molecule has 4 rings (SSSR count). The van der Waals surface area contributed by atoms with Crippen molar-refractivity contribution in [2.45, 2.75) is 4.90 Å². The van der Waals surface area contributed by atoms with Gasteiger partial charge in [-0.25, -0.2) is 13.4 Å². The zero-order chi connectivity index (χ0) is 19.2. The predicted molar refractivity (Wildman–Crippen MR) is 104 cm³/mol. The molecule has 0 radical (unpaired) electrons. The van der Waals surface area contributed by atoms with Crippen LogP contribution in [0.2, 0.25) is 0 Å². The second-order valence-corrected chi connectivity index (χ2v) is 9.48. The molecule has 1 fully saturated rings. The third-order valence-corrected chi connectivity index (χ3v) is 6.86. The molecule has 27 heavy (non-hydrogen) atoms. The number of aromatic nitrogens is 3.